The molecule has 1 radical (unpaired) electrons. The standard InChI is InChI=1S/C10H14.Li/c1-8(2)10-6-4-9(3)5-7-10;/h4-8H,1-3H3;. The fraction of sp³-hybridized carbons (Fsp3) is 0.400. The molecule has 0 atom stereocenters. The molecule has 0 aliphatic heterocycles. The molecule has 0 bridgehead atoms. The van der Waals surface area contributed by atoms with Crippen LogP contribution in [0.2, 0.25) is 0 Å². The van der Waals surface area contributed by atoms with E-state index in [0.29, 0.717) is 5.92 Å². The quantitative estimate of drug-likeness (QED) is 0.527. The second kappa shape index (κ2) is 4.65. The zero-order chi connectivity index (χ0) is 7.56. The molecular formula is C10H14Li. The molecule has 0 aliphatic carbocycles. The molecule has 0 fully saturated rings. The molecule has 55 valence electrons. The normalized spacial score (nSPS) is 9.45. The molecule has 0 nitrogen and oxygen atoms in total. The second-order valence-corrected chi connectivity index (χ2v) is 3.07. The smallest absolute Gasteiger partial charge is 0 e. The number of rotatable bonds is 1. The number of aryl methyl sites for hydroxylation is 1. The summed E-state index contributed by atoms with van der Waals surface area (Å²) in [4.78, 5) is 0. The van der Waals surface area contributed by atoms with E-state index < -0.39 is 0 Å². The van der Waals surface area contributed by atoms with Gasteiger partial charge in [-0.25, -0.2) is 0 Å². The summed E-state index contributed by atoms with van der Waals surface area (Å²) < 4.78 is 0. The average molecular weight is 141 g/mol. The first kappa shape index (κ1) is 10.8. The Balaban J connectivity index is 0.000001000. The van der Waals surface area contributed by atoms with Gasteiger partial charge in [-0.2, -0.15) is 0 Å². The summed E-state index contributed by atoms with van der Waals surface area (Å²) in [5.74, 6) is 0.653. The Bertz CT molecular complexity index is 199. The Labute approximate surface area is 81.2 Å². The van der Waals surface area contributed by atoms with Crippen LogP contribution in [0.5, 0.6) is 0 Å². The van der Waals surface area contributed by atoms with E-state index in [0.717, 1.165) is 0 Å². The van der Waals surface area contributed by atoms with E-state index in [9.17, 15) is 0 Å². The van der Waals surface area contributed by atoms with Gasteiger partial charge in [-0.3, -0.25) is 0 Å². The maximum atomic E-state index is 2.21. The van der Waals surface area contributed by atoms with Gasteiger partial charge >= 0.3 is 0 Å². The zero-order valence-electron chi connectivity index (χ0n) is 7.89. The van der Waals surface area contributed by atoms with Gasteiger partial charge in [0, 0.05) is 18.9 Å². The fourth-order valence-electron chi connectivity index (χ4n) is 0.951. The van der Waals surface area contributed by atoms with E-state index in [1.807, 2.05) is 0 Å². The van der Waals surface area contributed by atoms with Crippen LogP contribution in [0.15, 0.2) is 24.3 Å². The van der Waals surface area contributed by atoms with E-state index in [1.54, 1.807) is 0 Å². The van der Waals surface area contributed by atoms with Crippen LogP contribution >= 0.6 is 0 Å². The summed E-state index contributed by atoms with van der Waals surface area (Å²) in [5.41, 5.74) is 2.76. The van der Waals surface area contributed by atoms with Crippen LogP contribution in [-0.4, -0.2) is 18.9 Å². The number of hydrogen-bond acceptors (Lipinski definition) is 0. The monoisotopic (exact) mass is 141 g/mol. The van der Waals surface area contributed by atoms with Gasteiger partial charge in [-0.15, -0.1) is 0 Å². The second-order valence-electron chi connectivity index (χ2n) is 3.07. The molecule has 0 aromatic heterocycles. The molecule has 1 rings (SSSR count). The molecule has 0 aliphatic rings. The minimum atomic E-state index is 0. The Morgan fingerprint density at radius 2 is 1.45 bits per heavy atom. The van der Waals surface area contributed by atoms with E-state index >= 15 is 0 Å². The minimum Gasteiger partial charge on any atom is -0.0590 e. The van der Waals surface area contributed by atoms with Gasteiger partial charge in [-0.05, 0) is 18.4 Å². The maximum absolute atomic E-state index is 2.21. The Kier molecular flexibility index (Phi) is 4.57. The summed E-state index contributed by atoms with van der Waals surface area (Å²) in [6, 6.07) is 8.71. The van der Waals surface area contributed by atoms with Gasteiger partial charge in [0.15, 0.2) is 0 Å². The first-order chi connectivity index (χ1) is 4.70. The van der Waals surface area contributed by atoms with E-state index in [4.69, 9.17) is 0 Å². The summed E-state index contributed by atoms with van der Waals surface area (Å²) in [5, 5.41) is 0. The van der Waals surface area contributed by atoms with Gasteiger partial charge in [0.1, 0.15) is 0 Å². The van der Waals surface area contributed by atoms with Gasteiger partial charge in [0.2, 0.25) is 0 Å². The predicted molar refractivity (Wildman–Crippen MR) is 51.0 cm³/mol. The molecule has 11 heavy (non-hydrogen) atoms. The molecule has 0 saturated heterocycles. The third-order valence-corrected chi connectivity index (χ3v) is 1.74. The van der Waals surface area contributed by atoms with Crippen molar-refractivity contribution in [2.75, 3.05) is 0 Å². The first-order valence-electron chi connectivity index (χ1n) is 3.76. The molecular weight excluding hydrogens is 127 g/mol. The molecule has 0 spiro atoms. The van der Waals surface area contributed by atoms with Crippen LogP contribution in [0.3, 0.4) is 0 Å². The Morgan fingerprint density at radius 3 is 1.82 bits per heavy atom. The minimum absolute atomic E-state index is 0. The van der Waals surface area contributed by atoms with Crippen molar-refractivity contribution in [2.45, 2.75) is 26.7 Å². The molecule has 1 heteroatoms. The van der Waals surface area contributed by atoms with Crippen molar-refractivity contribution in [3.8, 4) is 0 Å². The average Bonchev–Trinajstić information content (AvgIpc) is 1.88. The van der Waals surface area contributed by atoms with Gasteiger partial charge in [0.05, 0.1) is 0 Å². The third kappa shape index (κ3) is 3.14. The molecule has 0 unspecified atom stereocenters. The molecule has 1 aromatic rings. The van der Waals surface area contributed by atoms with Crippen LogP contribution in [0, 0.1) is 6.92 Å². The molecule has 1 aromatic carbocycles. The molecule has 0 heterocycles. The summed E-state index contributed by atoms with van der Waals surface area (Å²) >= 11 is 0. The molecule has 0 amide bonds. The van der Waals surface area contributed by atoms with Gasteiger partial charge < -0.3 is 0 Å². The SMILES string of the molecule is Cc1ccc(C(C)C)cc1.[Li]. The van der Waals surface area contributed by atoms with Crippen LogP contribution in [0.4, 0.5) is 0 Å². The fourth-order valence-corrected chi connectivity index (χ4v) is 0.951. The zero-order valence-corrected chi connectivity index (χ0v) is 7.89. The largest absolute Gasteiger partial charge is 0.0590 e. The third-order valence-electron chi connectivity index (χ3n) is 1.74. The summed E-state index contributed by atoms with van der Waals surface area (Å²) in [6.07, 6.45) is 0. The van der Waals surface area contributed by atoms with E-state index in [-0.39, 0.29) is 18.9 Å². The van der Waals surface area contributed by atoms with Crippen LogP contribution in [0.1, 0.15) is 30.9 Å². The van der Waals surface area contributed by atoms with Crippen LogP contribution in [-0.2, 0) is 0 Å². The molecule has 0 saturated carbocycles. The summed E-state index contributed by atoms with van der Waals surface area (Å²) in [6.45, 7) is 6.54. The number of benzene rings is 1. The van der Waals surface area contributed by atoms with Crippen LogP contribution in [0.25, 0.3) is 0 Å². The predicted octanol–water partition coefficient (Wildman–Crippen LogP) is 2.74. The van der Waals surface area contributed by atoms with E-state index in [1.165, 1.54) is 11.1 Å². The van der Waals surface area contributed by atoms with Crippen LogP contribution < -0.4 is 0 Å². The topological polar surface area (TPSA) is 0 Å². The van der Waals surface area contributed by atoms with Gasteiger partial charge in [-0.1, -0.05) is 43.7 Å². The van der Waals surface area contributed by atoms with Gasteiger partial charge in [0.25, 0.3) is 0 Å². The van der Waals surface area contributed by atoms with Crippen molar-refractivity contribution in [3.05, 3.63) is 35.4 Å². The summed E-state index contributed by atoms with van der Waals surface area (Å²) in [7, 11) is 0. The van der Waals surface area contributed by atoms with Crippen molar-refractivity contribution in [2.24, 2.45) is 0 Å². The van der Waals surface area contributed by atoms with E-state index in [2.05, 4.69) is 45.0 Å². The first-order valence-corrected chi connectivity index (χ1v) is 3.76. The van der Waals surface area contributed by atoms with Crippen molar-refractivity contribution in [1.82, 2.24) is 0 Å². The Morgan fingerprint density at radius 1 is 1.00 bits per heavy atom. The Hall–Kier alpha value is -0.183. The molecule has 0 N–H and O–H groups in total. The van der Waals surface area contributed by atoms with Crippen molar-refractivity contribution >= 4 is 18.9 Å². The maximum Gasteiger partial charge on any atom is 0 e. The van der Waals surface area contributed by atoms with Crippen molar-refractivity contribution in [1.29, 1.82) is 0 Å². The number of hydrogen-bond donors (Lipinski definition) is 0. The van der Waals surface area contributed by atoms with Crippen molar-refractivity contribution in [3.63, 3.8) is 0 Å². The van der Waals surface area contributed by atoms with Crippen molar-refractivity contribution < 1.29 is 0 Å².